The van der Waals surface area contributed by atoms with E-state index >= 15 is 0 Å². The van der Waals surface area contributed by atoms with Crippen molar-refractivity contribution in [2.24, 2.45) is 5.10 Å². The van der Waals surface area contributed by atoms with Gasteiger partial charge in [0.25, 0.3) is 10.0 Å². The molecule has 0 bridgehead atoms. The molecule has 2 aromatic carbocycles. The van der Waals surface area contributed by atoms with Crippen LogP contribution in [0.1, 0.15) is 5.56 Å². The third kappa shape index (κ3) is 4.20. The third-order valence-corrected chi connectivity index (χ3v) is 4.62. The number of nitrogens with zero attached hydrogens (tertiary/aromatic N) is 1. The van der Waals surface area contributed by atoms with Crippen molar-refractivity contribution in [1.29, 1.82) is 0 Å². The Labute approximate surface area is 140 Å². The van der Waals surface area contributed by atoms with Crippen LogP contribution in [0.4, 0.5) is 4.39 Å². The summed E-state index contributed by atoms with van der Waals surface area (Å²) in [6.45, 7) is 0. The second-order valence-electron chi connectivity index (χ2n) is 4.36. The minimum absolute atomic E-state index is 0.0726. The van der Waals surface area contributed by atoms with Crippen LogP contribution < -0.4 is 9.57 Å². The Morgan fingerprint density at radius 2 is 1.96 bits per heavy atom. The number of ether oxygens (including phenoxy) is 1. The van der Waals surface area contributed by atoms with Crippen LogP contribution in [0.5, 0.6) is 11.5 Å². The van der Waals surface area contributed by atoms with Gasteiger partial charge in [-0.3, -0.25) is 0 Å². The summed E-state index contributed by atoms with van der Waals surface area (Å²) in [6, 6.07) is 7.37. The van der Waals surface area contributed by atoms with E-state index in [0.717, 1.165) is 24.3 Å². The van der Waals surface area contributed by atoms with Gasteiger partial charge in [-0.25, -0.2) is 9.22 Å². The normalized spacial score (nSPS) is 11.6. The lowest BCUT2D eigenvalue weighted by atomic mass is 10.2. The van der Waals surface area contributed by atoms with Crippen LogP contribution in [0.3, 0.4) is 0 Å². The molecule has 0 saturated heterocycles. The van der Waals surface area contributed by atoms with Crippen LogP contribution in [0.25, 0.3) is 0 Å². The number of hydrazone groups is 1. The summed E-state index contributed by atoms with van der Waals surface area (Å²) in [4.78, 5) is 1.90. The summed E-state index contributed by atoms with van der Waals surface area (Å²) in [6.07, 6.45) is 1.24. The summed E-state index contributed by atoms with van der Waals surface area (Å²) in [5.41, 5.74) is 0.494. The molecule has 0 radical (unpaired) electrons. The fraction of sp³-hybridized carbons (Fsp3) is 0.0714. The third-order valence-electron chi connectivity index (χ3n) is 2.78. The highest BCUT2D eigenvalue weighted by molar-refractivity contribution is 9.10. The number of aromatic hydroxyl groups is 1. The van der Waals surface area contributed by atoms with Crippen LogP contribution >= 0.6 is 15.9 Å². The Bertz CT molecular complexity index is 839. The van der Waals surface area contributed by atoms with Crippen LogP contribution in [-0.2, 0) is 10.0 Å². The SMILES string of the molecule is COc1cc(/C=N\NS(=O)(=O)c2ccc(F)cc2)cc(Br)c1O. The zero-order valence-corrected chi connectivity index (χ0v) is 14.2. The predicted molar refractivity (Wildman–Crippen MR) is 86.7 cm³/mol. The lowest BCUT2D eigenvalue weighted by Crippen LogP contribution is -2.18. The first-order valence-corrected chi connectivity index (χ1v) is 8.48. The highest BCUT2D eigenvalue weighted by Crippen LogP contribution is 2.34. The largest absolute Gasteiger partial charge is 0.503 e. The van der Waals surface area contributed by atoms with Crippen molar-refractivity contribution >= 4 is 32.2 Å². The average molecular weight is 403 g/mol. The summed E-state index contributed by atoms with van der Waals surface area (Å²) in [7, 11) is -2.50. The van der Waals surface area contributed by atoms with Crippen molar-refractivity contribution in [1.82, 2.24) is 4.83 Å². The van der Waals surface area contributed by atoms with Gasteiger partial charge in [-0.05, 0) is 57.9 Å². The van der Waals surface area contributed by atoms with Crippen molar-refractivity contribution < 1.29 is 22.7 Å². The molecule has 0 spiro atoms. The van der Waals surface area contributed by atoms with E-state index in [-0.39, 0.29) is 16.4 Å². The van der Waals surface area contributed by atoms with Gasteiger partial charge < -0.3 is 9.84 Å². The number of benzene rings is 2. The number of halogens is 2. The fourth-order valence-electron chi connectivity index (χ4n) is 1.66. The second kappa shape index (κ2) is 6.97. The molecular formula is C14H12BrFN2O4S. The summed E-state index contributed by atoms with van der Waals surface area (Å²) in [5.74, 6) is -0.396. The molecule has 0 aromatic heterocycles. The number of hydrogen-bond acceptors (Lipinski definition) is 5. The highest BCUT2D eigenvalue weighted by Gasteiger charge is 2.12. The maximum Gasteiger partial charge on any atom is 0.276 e. The van der Waals surface area contributed by atoms with Crippen LogP contribution in [0.15, 0.2) is 50.9 Å². The molecule has 9 heteroatoms. The van der Waals surface area contributed by atoms with Gasteiger partial charge in [-0.1, -0.05) is 0 Å². The monoisotopic (exact) mass is 402 g/mol. The molecule has 0 saturated carbocycles. The molecule has 0 aliphatic rings. The zero-order valence-electron chi connectivity index (χ0n) is 11.8. The molecule has 0 unspecified atom stereocenters. The number of nitrogens with one attached hydrogen (secondary N) is 1. The first-order chi connectivity index (χ1) is 10.8. The Morgan fingerprint density at radius 1 is 1.30 bits per heavy atom. The summed E-state index contributed by atoms with van der Waals surface area (Å²) >= 11 is 3.15. The van der Waals surface area contributed by atoms with E-state index in [1.807, 2.05) is 4.83 Å². The van der Waals surface area contributed by atoms with Crippen molar-refractivity contribution in [2.75, 3.05) is 7.11 Å². The van der Waals surface area contributed by atoms with Crippen molar-refractivity contribution in [3.63, 3.8) is 0 Å². The molecule has 0 atom stereocenters. The van der Waals surface area contributed by atoms with Gasteiger partial charge >= 0.3 is 0 Å². The van der Waals surface area contributed by atoms with E-state index in [2.05, 4.69) is 21.0 Å². The predicted octanol–water partition coefficient (Wildman–Crippen LogP) is 2.61. The number of rotatable bonds is 5. The average Bonchev–Trinajstić information content (AvgIpc) is 2.51. The van der Waals surface area contributed by atoms with Gasteiger partial charge in [0.05, 0.1) is 22.7 Å². The molecule has 6 nitrogen and oxygen atoms in total. The molecule has 2 aromatic rings. The Kier molecular flexibility index (Phi) is 5.22. The van der Waals surface area contributed by atoms with E-state index < -0.39 is 15.8 Å². The van der Waals surface area contributed by atoms with Gasteiger partial charge in [0, 0.05) is 0 Å². The maximum absolute atomic E-state index is 12.8. The van der Waals surface area contributed by atoms with Crippen molar-refractivity contribution in [3.8, 4) is 11.5 Å². The Hall–Kier alpha value is -2.13. The van der Waals surface area contributed by atoms with Crippen LogP contribution in [-0.4, -0.2) is 26.8 Å². The second-order valence-corrected chi connectivity index (χ2v) is 6.88. The van der Waals surface area contributed by atoms with Crippen molar-refractivity contribution in [3.05, 3.63) is 52.3 Å². The van der Waals surface area contributed by atoms with E-state index in [4.69, 9.17) is 4.74 Å². The smallest absolute Gasteiger partial charge is 0.276 e. The van der Waals surface area contributed by atoms with Gasteiger partial charge in [0.1, 0.15) is 5.82 Å². The summed E-state index contributed by atoms with van der Waals surface area (Å²) in [5, 5.41) is 13.3. The molecule has 0 heterocycles. The fourth-order valence-corrected chi connectivity index (χ4v) is 2.91. The topological polar surface area (TPSA) is 88.0 Å². The Balaban J connectivity index is 2.18. The highest BCUT2D eigenvalue weighted by atomic mass is 79.9. The minimum atomic E-state index is -3.89. The van der Waals surface area contributed by atoms with Gasteiger partial charge in [0.2, 0.25) is 0 Å². The van der Waals surface area contributed by atoms with E-state index in [9.17, 15) is 17.9 Å². The van der Waals surface area contributed by atoms with Gasteiger partial charge in [0.15, 0.2) is 11.5 Å². The molecule has 2 rings (SSSR count). The van der Waals surface area contributed by atoms with Gasteiger partial charge in [-0.2, -0.15) is 13.5 Å². The molecule has 122 valence electrons. The van der Waals surface area contributed by atoms with Crippen LogP contribution in [0, 0.1) is 5.82 Å². The molecule has 0 aliphatic carbocycles. The molecule has 0 fully saturated rings. The lowest BCUT2D eigenvalue weighted by Gasteiger charge is -2.06. The van der Waals surface area contributed by atoms with Crippen molar-refractivity contribution in [2.45, 2.75) is 4.90 Å². The van der Waals surface area contributed by atoms with Gasteiger partial charge in [-0.15, -0.1) is 0 Å². The summed E-state index contributed by atoms with van der Waals surface area (Å²) < 4.78 is 42.1. The first-order valence-electron chi connectivity index (χ1n) is 6.20. The Morgan fingerprint density at radius 3 is 2.57 bits per heavy atom. The molecular weight excluding hydrogens is 391 g/mol. The number of phenolic OH excluding ortho intramolecular Hbond substituents is 1. The molecule has 2 N–H and O–H groups in total. The number of phenols is 1. The molecule has 23 heavy (non-hydrogen) atoms. The number of sulfonamides is 1. The minimum Gasteiger partial charge on any atom is -0.503 e. The maximum atomic E-state index is 12.8. The standard InChI is InChI=1S/C14H12BrFN2O4S/c1-22-13-7-9(6-12(15)14(13)19)8-17-18-23(20,21)11-4-2-10(16)3-5-11/h2-8,18-19H,1H3/b17-8-. The quantitative estimate of drug-likeness (QED) is 0.594. The molecule has 0 aliphatic heterocycles. The van der Waals surface area contributed by atoms with E-state index in [0.29, 0.717) is 10.0 Å². The lowest BCUT2D eigenvalue weighted by molar-refractivity contribution is 0.372. The number of hydrogen-bond donors (Lipinski definition) is 2. The number of methoxy groups -OCH3 is 1. The van der Waals surface area contributed by atoms with E-state index in [1.165, 1.54) is 25.5 Å². The zero-order chi connectivity index (χ0) is 17.0. The van der Waals surface area contributed by atoms with Crippen LogP contribution in [0.2, 0.25) is 0 Å². The van der Waals surface area contributed by atoms with E-state index in [1.54, 1.807) is 0 Å². The molecule has 0 amide bonds. The first kappa shape index (κ1) is 17.2.